The molecule has 56 valence electrons. The average molecular weight is 141 g/mol. The molecule has 10 heavy (non-hydrogen) atoms. The fourth-order valence-corrected chi connectivity index (χ4v) is 0.421. The highest BCUT2D eigenvalue weighted by Crippen LogP contribution is 1.80. The fourth-order valence-electron chi connectivity index (χ4n) is 0.421. The number of aromatic nitrogens is 1. The molecule has 0 atom stereocenters. The number of aliphatic carboxylic acids is 1. The Balaban J connectivity index is 0.000000180. The van der Waals surface area contributed by atoms with Gasteiger partial charge in [-0.05, 0) is 12.1 Å². The van der Waals surface area contributed by atoms with E-state index < -0.39 is 5.97 Å². The van der Waals surface area contributed by atoms with E-state index in [4.69, 9.17) is 9.90 Å². The van der Waals surface area contributed by atoms with Crippen LogP contribution in [0.25, 0.3) is 0 Å². The van der Waals surface area contributed by atoms with Gasteiger partial charge in [-0.3, -0.25) is 4.79 Å². The van der Waals surface area contributed by atoms with Crippen molar-refractivity contribution in [2.24, 2.45) is 7.05 Å². The molecule has 0 saturated carbocycles. The predicted molar refractivity (Wildman–Crippen MR) is 38.7 cm³/mol. The van der Waals surface area contributed by atoms with Crippen LogP contribution in [0.3, 0.4) is 0 Å². The molecule has 0 aromatic carbocycles. The van der Waals surface area contributed by atoms with E-state index in [1.807, 2.05) is 36.1 Å². The van der Waals surface area contributed by atoms with Crippen LogP contribution in [0.2, 0.25) is 0 Å². The zero-order valence-electron chi connectivity index (χ0n) is 6.11. The third kappa shape index (κ3) is 6.75. The molecule has 0 saturated heterocycles. The number of aryl methyl sites for hydroxylation is 1. The van der Waals surface area contributed by atoms with Gasteiger partial charge in [0.15, 0.2) is 0 Å². The molecule has 1 rings (SSSR count). The third-order valence-corrected chi connectivity index (χ3v) is 0.754. The summed E-state index contributed by atoms with van der Waals surface area (Å²) in [6.45, 7) is 1.08. The highest BCUT2D eigenvalue weighted by molar-refractivity contribution is 5.62. The molecule has 0 bridgehead atoms. The molecule has 0 aliphatic heterocycles. The topological polar surface area (TPSA) is 42.2 Å². The third-order valence-electron chi connectivity index (χ3n) is 0.754. The summed E-state index contributed by atoms with van der Waals surface area (Å²) in [7, 11) is 2.00. The minimum atomic E-state index is -0.833. The van der Waals surface area contributed by atoms with Gasteiger partial charge in [-0.2, -0.15) is 0 Å². The maximum atomic E-state index is 9.00. The quantitative estimate of drug-likeness (QED) is 0.588. The first-order valence-corrected chi connectivity index (χ1v) is 2.89. The number of rotatable bonds is 0. The van der Waals surface area contributed by atoms with Crippen molar-refractivity contribution in [3.05, 3.63) is 24.5 Å². The molecular formula is C7H11NO2. The van der Waals surface area contributed by atoms with Gasteiger partial charge in [0, 0.05) is 26.4 Å². The predicted octanol–water partition coefficient (Wildman–Crippen LogP) is 1.12. The van der Waals surface area contributed by atoms with Crippen molar-refractivity contribution < 1.29 is 9.90 Å². The van der Waals surface area contributed by atoms with Crippen LogP contribution >= 0.6 is 0 Å². The molecule has 3 nitrogen and oxygen atoms in total. The monoisotopic (exact) mass is 141 g/mol. The Morgan fingerprint density at radius 3 is 1.80 bits per heavy atom. The maximum absolute atomic E-state index is 9.00. The van der Waals surface area contributed by atoms with E-state index >= 15 is 0 Å². The zero-order valence-corrected chi connectivity index (χ0v) is 6.11. The standard InChI is InChI=1S/C5H7N.C2H4O2/c1-6-4-2-3-5-6;1-2(3)4/h2-5H,1H3;1H3,(H,3,4). The van der Waals surface area contributed by atoms with Crippen LogP contribution in [0, 0.1) is 0 Å². The van der Waals surface area contributed by atoms with Crippen LogP contribution in [-0.2, 0) is 11.8 Å². The van der Waals surface area contributed by atoms with Crippen molar-refractivity contribution in [2.45, 2.75) is 6.92 Å². The lowest BCUT2D eigenvalue weighted by atomic mass is 10.7. The van der Waals surface area contributed by atoms with Gasteiger partial charge in [0.2, 0.25) is 0 Å². The van der Waals surface area contributed by atoms with Crippen LogP contribution in [0.5, 0.6) is 0 Å². The van der Waals surface area contributed by atoms with Crippen molar-refractivity contribution in [3.63, 3.8) is 0 Å². The van der Waals surface area contributed by atoms with Gasteiger partial charge in [-0.1, -0.05) is 0 Å². The molecular weight excluding hydrogens is 130 g/mol. The lowest BCUT2D eigenvalue weighted by molar-refractivity contribution is -0.134. The molecule has 0 spiro atoms. The summed E-state index contributed by atoms with van der Waals surface area (Å²) in [6.07, 6.45) is 4.00. The Bertz CT molecular complexity index is 175. The Labute approximate surface area is 59.9 Å². The second-order valence-corrected chi connectivity index (χ2v) is 1.87. The Hall–Kier alpha value is -1.25. The van der Waals surface area contributed by atoms with E-state index in [1.54, 1.807) is 0 Å². The van der Waals surface area contributed by atoms with Crippen LogP contribution in [-0.4, -0.2) is 15.6 Å². The van der Waals surface area contributed by atoms with Crippen molar-refractivity contribution in [2.75, 3.05) is 0 Å². The van der Waals surface area contributed by atoms with Gasteiger partial charge < -0.3 is 9.67 Å². The Morgan fingerprint density at radius 1 is 1.40 bits per heavy atom. The highest BCUT2D eigenvalue weighted by Gasteiger charge is 1.68. The largest absolute Gasteiger partial charge is 0.481 e. The number of hydrogen-bond acceptors (Lipinski definition) is 1. The molecule has 1 heterocycles. The summed E-state index contributed by atoms with van der Waals surface area (Å²) >= 11 is 0. The molecule has 0 radical (unpaired) electrons. The SMILES string of the molecule is CC(=O)O.Cn1cccc1. The van der Waals surface area contributed by atoms with E-state index in [-0.39, 0.29) is 0 Å². The number of carbonyl (C=O) groups is 1. The van der Waals surface area contributed by atoms with Crippen molar-refractivity contribution in [1.82, 2.24) is 4.57 Å². The second kappa shape index (κ2) is 4.61. The van der Waals surface area contributed by atoms with Gasteiger partial charge in [0.25, 0.3) is 5.97 Å². The molecule has 0 fully saturated rings. The van der Waals surface area contributed by atoms with E-state index in [2.05, 4.69) is 0 Å². The normalized spacial score (nSPS) is 7.80. The van der Waals surface area contributed by atoms with E-state index in [0.29, 0.717) is 0 Å². The zero-order chi connectivity index (χ0) is 7.98. The maximum Gasteiger partial charge on any atom is 0.300 e. The molecule has 1 aromatic heterocycles. The van der Waals surface area contributed by atoms with Crippen LogP contribution < -0.4 is 0 Å². The summed E-state index contributed by atoms with van der Waals surface area (Å²) in [5, 5.41) is 7.42. The molecule has 1 aromatic rings. The van der Waals surface area contributed by atoms with Crippen molar-refractivity contribution in [1.29, 1.82) is 0 Å². The van der Waals surface area contributed by atoms with E-state index in [1.165, 1.54) is 0 Å². The van der Waals surface area contributed by atoms with Gasteiger partial charge in [0.1, 0.15) is 0 Å². The molecule has 3 heteroatoms. The number of nitrogens with zero attached hydrogens (tertiary/aromatic N) is 1. The average Bonchev–Trinajstić information content (AvgIpc) is 2.15. The Morgan fingerprint density at radius 2 is 1.70 bits per heavy atom. The molecule has 0 aliphatic rings. The summed E-state index contributed by atoms with van der Waals surface area (Å²) in [5.41, 5.74) is 0. The minimum absolute atomic E-state index is 0.833. The number of hydrogen-bond donors (Lipinski definition) is 1. The smallest absolute Gasteiger partial charge is 0.300 e. The molecule has 1 N–H and O–H groups in total. The fraction of sp³-hybridized carbons (Fsp3) is 0.286. The lowest BCUT2D eigenvalue weighted by Gasteiger charge is -1.79. The summed E-state index contributed by atoms with van der Waals surface area (Å²) in [4.78, 5) is 9.00. The van der Waals surface area contributed by atoms with Crippen LogP contribution in [0.15, 0.2) is 24.5 Å². The first-order chi connectivity index (χ1) is 4.63. The first-order valence-electron chi connectivity index (χ1n) is 2.89. The Kier molecular flexibility index (Phi) is 4.04. The van der Waals surface area contributed by atoms with Gasteiger partial charge in [-0.15, -0.1) is 0 Å². The molecule has 0 unspecified atom stereocenters. The lowest BCUT2D eigenvalue weighted by Crippen LogP contribution is -1.78. The second-order valence-electron chi connectivity index (χ2n) is 1.87. The number of carboxylic acid groups (broad SMARTS) is 1. The molecule has 0 aliphatic carbocycles. The summed E-state index contributed by atoms with van der Waals surface area (Å²) < 4.78 is 2.00. The van der Waals surface area contributed by atoms with Crippen molar-refractivity contribution >= 4 is 5.97 Å². The highest BCUT2D eigenvalue weighted by atomic mass is 16.4. The van der Waals surface area contributed by atoms with Gasteiger partial charge in [-0.25, -0.2) is 0 Å². The van der Waals surface area contributed by atoms with E-state index in [9.17, 15) is 0 Å². The summed E-state index contributed by atoms with van der Waals surface area (Å²) in [5.74, 6) is -0.833. The van der Waals surface area contributed by atoms with E-state index in [0.717, 1.165) is 6.92 Å². The molecule has 0 amide bonds. The van der Waals surface area contributed by atoms with Gasteiger partial charge >= 0.3 is 0 Å². The first kappa shape index (κ1) is 8.75. The number of carboxylic acids is 1. The minimum Gasteiger partial charge on any atom is -0.481 e. The summed E-state index contributed by atoms with van der Waals surface area (Å²) in [6, 6.07) is 4.00. The van der Waals surface area contributed by atoms with Crippen molar-refractivity contribution in [3.8, 4) is 0 Å². The van der Waals surface area contributed by atoms with Crippen LogP contribution in [0.4, 0.5) is 0 Å². The van der Waals surface area contributed by atoms with Crippen LogP contribution in [0.1, 0.15) is 6.92 Å². The van der Waals surface area contributed by atoms with Gasteiger partial charge in [0.05, 0.1) is 0 Å².